The minimum absolute atomic E-state index is 0. The second-order valence-corrected chi connectivity index (χ2v) is 25.6. The van der Waals surface area contributed by atoms with E-state index in [0.29, 0.717) is 28.2 Å². The standard InChI is InChI=1S/C55H42GeN4O.Pt/c1-3-16-39(17-4-1)45-24-14-25-46(40-18-5-2-6-19-40)55(45)59-38-58(51-27-9-10-28-52(51)59)42-21-13-22-43(34-42)61-44-29-30-48-47-23-7-8-26-50(47)60(53(48)35-44)54-36-49-41(37-57-54)20-15-33-56(49)31-11-12-32-56;/h1-10,13-14,16-19,21-30,36-37H,11-12,15,20,31-33H2;/q-2;/i1D,2D,3D,4D,5D,6D,16D,17D,18D,19D;. The average Bonchev–Trinajstić information content (AvgIpc) is 4.11. The van der Waals surface area contributed by atoms with Crippen molar-refractivity contribution in [3.8, 4) is 50.9 Å². The molecule has 0 unspecified atom stereocenters. The Morgan fingerprint density at radius 3 is 2.11 bits per heavy atom. The molecule has 62 heavy (non-hydrogen) atoms. The zero-order valence-electron chi connectivity index (χ0n) is 43.4. The van der Waals surface area contributed by atoms with E-state index in [0.717, 1.165) is 34.0 Å². The molecule has 0 radical (unpaired) electrons. The second kappa shape index (κ2) is 16.0. The van der Waals surface area contributed by atoms with Gasteiger partial charge in [0.05, 0.1) is 30.4 Å². The molecule has 0 bridgehead atoms. The molecule has 0 aliphatic carbocycles. The van der Waals surface area contributed by atoms with Gasteiger partial charge in [-0.1, -0.05) is 103 Å². The number of ether oxygens (including phenoxy) is 1. The van der Waals surface area contributed by atoms with Gasteiger partial charge in [0.1, 0.15) is 0 Å². The maximum absolute atomic E-state index is 9.02. The van der Waals surface area contributed by atoms with Gasteiger partial charge in [0.2, 0.25) is 0 Å². The molecule has 0 amide bonds. The first-order valence-electron chi connectivity index (χ1n) is 25.7. The van der Waals surface area contributed by atoms with Crippen LogP contribution in [-0.2, 0) is 27.5 Å². The number of fused-ring (bicyclic) bond motifs is 6. The van der Waals surface area contributed by atoms with Crippen LogP contribution in [0.3, 0.4) is 0 Å². The van der Waals surface area contributed by atoms with Gasteiger partial charge in [-0.25, -0.2) is 0 Å². The van der Waals surface area contributed by atoms with Crippen LogP contribution in [0.5, 0.6) is 11.5 Å². The Balaban J connectivity index is 0.00000560. The topological polar surface area (TPSA) is 35.9 Å². The number of hydrogen-bond acceptors (Lipinski definition) is 2. The molecule has 0 saturated carbocycles. The summed E-state index contributed by atoms with van der Waals surface area (Å²) in [5.41, 5.74) is 5.27. The summed E-state index contributed by atoms with van der Waals surface area (Å²) < 4.78 is 101. The van der Waals surface area contributed by atoms with Gasteiger partial charge in [-0.05, 0) is 22.3 Å². The molecule has 7 heteroatoms. The van der Waals surface area contributed by atoms with Crippen molar-refractivity contribution in [1.29, 1.82) is 0 Å². The SMILES string of the molecule is [2H]c1c([2H])c([2H])c(-c2cccc(-c3c([2H])c([2H])c([2H])c([2H])c3[2H])c2-[n+]2[c-]n(-c3[c-]c(Oc4[c-]c5c(cc4)c4ccccc4n5-c4c[c]5c(cn4)CC[CH2][Ge]54[CH2]CC[CH2]4)ccc3)c3ccccc32)c([2H])c1[2H].[Pt]. The Hall–Kier alpha value is -6.01. The first-order chi connectivity index (χ1) is 34.3. The monoisotopic (exact) mass is 1050 g/mol. The van der Waals surface area contributed by atoms with Crippen LogP contribution in [0.15, 0.2) is 170 Å². The van der Waals surface area contributed by atoms with Crippen molar-refractivity contribution in [2.24, 2.45) is 0 Å². The molecule has 2 aliphatic rings. The fourth-order valence-corrected chi connectivity index (χ4v) is 21.6. The third-order valence-corrected chi connectivity index (χ3v) is 24.2. The molecule has 5 heterocycles. The van der Waals surface area contributed by atoms with E-state index in [9.17, 15) is 0 Å². The summed E-state index contributed by atoms with van der Waals surface area (Å²) in [5, 5.41) is 6.34. The van der Waals surface area contributed by atoms with Crippen LogP contribution in [-0.4, -0.2) is 27.4 Å². The van der Waals surface area contributed by atoms with Crippen molar-refractivity contribution in [1.82, 2.24) is 14.1 Å². The van der Waals surface area contributed by atoms with E-state index >= 15 is 0 Å². The van der Waals surface area contributed by atoms with E-state index in [2.05, 4.69) is 65.6 Å². The van der Waals surface area contributed by atoms with Gasteiger partial charge < -0.3 is 0 Å². The number of aryl methyl sites for hydroxylation is 1. The second-order valence-electron chi connectivity index (χ2n) is 15.9. The number of pyridine rings is 1. The summed E-state index contributed by atoms with van der Waals surface area (Å²) >= 11 is -2.20. The van der Waals surface area contributed by atoms with Gasteiger partial charge in [0.25, 0.3) is 6.33 Å². The Morgan fingerprint density at radius 2 is 1.34 bits per heavy atom. The minimum atomic E-state index is -2.20. The van der Waals surface area contributed by atoms with Crippen LogP contribution in [0.25, 0.3) is 72.3 Å². The van der Waals surface area contributed by atoms with Crippen LogP contribution >= 0.6 is 0 Å². The summed E-state index contributed by atoms with van der Waals surface area (Å²) in [6.07, 6.45) is 10.6. The van der Waals surface area contributed by atoms with Crippen molar-refractivity contribution < 1.29 is 44.1 Å². The normalized spacial score (nSPS) is 16.6. The fourth-order valence-electron chi connectivity index (χ4n) is 9.89. The third kappa shape index (κ3) is 6.56. The molecular weight excluding hydrogens is 1000 g/mol. The first-order valence-corrected chi connectivity index (χ1v) is 26.2. The molecule has 2 aliphatic heterocycles. The number of aromatic nitrogens is 4. The Morgan fingerprint density at radius 1 is 0.661 bits per heavy atom. The summed E-state index contributed by atoms with van der Waals surface area (Å²) in [5.74, 6) is 1.77. The number of imidazole rings is 1. The molecule has 1 saturated heterocycles. The van der Waals surface area contributed by atoms with Gasteiger partial charge in [0.15, 0.2) is 0 Å². The smallest absolute Gasteiger partial charge is 0.0666 e. The van der Waals surface area contributed by atoms with Gasteiger partial charge >= 0.3 is 207 Å². The van der Waals surface area contributed by atoms with Crippen molar-refractivity contribution in [2.75, 3.05) is 0 Å². The zero-order valence-corrected chi connectivity index (χ0v) is 37.7. The first kappa shape index (κ1) is 29.3. The van der Waals surface area contributed by atoms with E-state index in [1.54, 1.807) is 37.8 Å². The van der Waals surface area contributed by atoms with Crippen molar-refractivity contribution in [3.63, 3.8) is 0 Å². The molecule has 0 N–H and O–H groups in total. The van der Waals surface area contributed by atoms with E-state index in [1.165, 1.54) is 40.6 Å². The predicted molar refractivity (Wildman–Crippen MR) is 248 cm³/mol. The van der Waals surface area contributed by atoms with Crippen LogP contribution < -0.4 is 13.7 Å². The van der Waals surface area contributed by atoms with E-state index in [1.807, 2.05) is 42.5 Å². The van der Waals surface area contributed by atoms with E-state index in [-0.39, 0.29) is 49.0 Å². The van der Waals surface area contributed by atoms with E-state index in [4.69, 9.17) is 23.4 Å². The molecular formula is C55H42GeN4OPt-2. The summed E-state index contributed by atoms with van der Waals surface area (Å²) in [6, 6.07) is 34.2. The molecule has 1 fully saturated rings. The Labute approximate surface area is 393 Å². The molecule has 304 valence electrons. The molecule has 10 aromatic rings. The number of hydrogen-bond donors (Lipinski definition) is 0. The number of rotatable bonds is 7. The molecule has 5 nitrogen and oxygen atoms in total. The van der Waals surface area contributed by atoms with Crippen molar-refractivity contribution >= 4 is 50.5 Å². The molecule has 1 spiro atoms. The van der Waals surface area contributed by atoms with Gasteiger partial charge in [-0.2, -0.15) is 0 Å². The van der Waals surface area contributed by atoms with Gasteiger partial charge in [-0.3, -0.25) is 4.57 Å². The van der Waals surface area contributed by atoms with Crippen LogP contribution in [0.4, 0.5) is 0 Å². The molecule has 0 atom stereocenters. The van der Waals surface area contributed by atoms with Crippen molar-refractivity contribution in [3.05, 3.63) is 194 Å². The van der Waals surface area contributed by atoms with Crippen LogP contribution in [0.2, 0.25) is 15.8 Å². The summed E-state index contributed by atoms with van der Waals surface area (Å²) in [6.45, 7) is 0. The van der Waals surface area contributed by atoms with Gasteiger partial charge in [-0.15, -0.1) is 0 Å². The molecule has 3 aromatic heterocycles. The fraction of sp³-hybridized carbons (Fsp3) is 0.127. The summed E-state index contributed by atoms with van der Waals surface area (Å²) in [4.78, 5) is 5.11. The summed E-state index contributed by atoms with van der Waals surface area (Å²) in [7, 11) is 0. The van der Waals surface area contributed by atoms with Crippen molar-refractivity contribution in [2.45, 2.75) is 41.4 Å². The number of benzene rings is 7. The third-order valence-electron chi connectivity index (χ3n) is 12.6. The number of nitrogens with zero attached hydrogens (tertiary/aromatic N) is 4. The zero-order chi connectivity index (χ0) is 49.0. The Kier molecular flexibility index (Phi) is 7.58. The number of para-hydroxylation sites is 4. The minimum Gasteiger partial charge on any atom is -0.0666 e. The van der Waals surface area contributed by atoms with E-state index < -0.39 is 73.7 Å². The predicted octanol–water partition coefficient (Wildman–Crippen LogP) is 12.3. The molecule has 12 rings (SSSR count). The van der Waals surface area contributed by atoms with Crippen LogP contribution in [0, 0.1) is 18.5 Å². The maximum atomic E-state index is 9.02. The Bertz CT molecular complexity index is 3740. The average molecular weight is 1050 g/mol. The molecule has 7 aromatic carbocycles. The quantitative estimate of drug-likeness (QED) is 0.0906. The van der Waals surface area contributed by atoms with Gasteiger partial charge in [0, 0.05) is 21.1 Å². The van der Waals surface area contributed by atoms with Crippen LogP contribution in [0.1, 0.15) is 38.5 Å².